The summed E-state index contributed by atoms with van der Waals surface area (Å²) >= 11 is 1.31. The van der Waals surface area contributed by atoms with Crippen LogP contribution >= 0.6 is 11.3 Å². The van der Waals surface area contributed by atoms with E-state index in [0.29, 0.717) is 12.3 Å². The van der Waals surface area contributed by atoms with E-state index in [-0.39, 0.29) is 46.3 Å². The number of aromatic carboxylic acids is 1. The van der Waals surface area contributed by atoms with Gasteiger partial charge < -0.3 is 19.5 Å². The summed E-state index contributed by atoms with van der Waals surface area (Å²) in [5, 5.41) is 10.1. The predicted molar refractivity (Wildman–Crippen MR) is 139 cm³/mol. The van der Waals surface area contributed by atoms with E-state index in [1.54, 1.807) is 0 Å². The van der Waals surface area contributed by atoms with Crippen LogP contribution in [0.4, 0.5) is 5.69 Å². The van der Waals surface area contributed by atoms with Crippen LogP contribution in [0.25, 0.3) is 0 Å². The molecule has 2 aliphatic carbocycles. The Balaban J connectivity index is 1.63. The van der Waals surface area contributed by atoms with Gasteiger partial charge in [0.05, 0.1) is 24.5 Å². The van der Waals surface area contributed by atoms with Crippen molar-refractivity contribution in [1.82, 2.24) is 0 Å². The highest BCUT2D eigenvalue weighted by molar-refractivity contribution is 7.14. The Hall–Kier alpha value is -1.70. The third-order valence-corrected chi connectivity index (χ3v) is 9.33. The molecule has 0 unspecified atom stereocenters. The van der Waals surface area contributed by atoms with E-state index in [2.05, 4.69) is 40.7 Å². The molecule has 1 aliphatic heterocycles. The number of nitrogens with zero attached hydrogens (tertiary/aromatic N) is 1. The lowest BCUT2D eigenvalue weighted by molar-refractivity contribution is -0.124. The van der Waals surface area contributed by atoms with E-state index >= 15 is 0 Å². The fourth-order valence-corrected chi connectivity index (χ4v) is 6.77. The van der Waals surface area contributed by atoms with Crippen molar-refractivity contribution in [3.63, 3.8) is 0 Å². The first-order chi connectivity index (χ1) is 16.5. The van der Waals surface area contributed by atoms with Crippen molar-refractivity contribution in [2.75, 3.05) is 18.1 Å². The minimum atomic E-state index is -0.955. The molecule has 1 N–H and O–H groups in total. The maximum Gasteiger partial charge on any atom is 0.348 e. The highest BCUT2D eigenvalue weighted by atomic mass is 32.1. The smallest absolute Gasteiger partial charge is 0.348 e. The SMILES string of the molecule is CC1=CC[C@@H](C(=O)N(c2cc(C(C)(C)C)sc2C(=O)O)C2CCC(O[C@H]3CCOC3)CC2)[C@@H](C)C1. The zero-order valence-electron chi connectivity index (χ0n) is 21.8. The number of rotatable bonds is 6. The highest BCUT2D eigenvalue weighted by Crippen LogP contribution is 2.42. The Kier molecular flexibility index (Phi) is 8.08. The number of allylic oxidation sites excluding steroid dienone is 2. The predicted octanol–water partition coefficient (Wildman–Crippen LogP) is 6.19. The largest absolute Gasteiger partial charge is 0.477 e. The number of amides is 1. The van der Waals surface area contributed by atoms with Gasteiger partial charge in [-0.15, -0.1) is 11.3 Å². The van der Waals surface area contributed by atoms with E-state index in [9.17, 15) is 14.7 Å². The van der Waals surface area contributed by atoms with Gasteiger partial charge in [-0.05, 0) is 69.3 Å². The molecule has 0 aromatic carbocycles. The average Bonchev–Trinajstić information content (AvgIpc) is 3.45. The maximum absolute atomic E-state index is 14.2. The fourth-order valence-electron chi connectivity index (χ4n) is 5.73. The number of hydrogen-bond donors (Lipinski definition) is 1. The molecule has 35 heavy (non-hydrogen) atoms. The Labute approximate surface area is 213 Å². The van der Waals surface area contributed by atoms with Crippen molar-refractivity contribution in [3.8, 4) is 0 Å². The Morgan fingerprint density at radius 2 is 1.86 bits per heavy atom. The van der Waals surface area contributed by atoms with E-state index in [0.717, 1.165) is 56.4 Å². The van der Waals surface area contributed by atoms with Gasteiger partial charge >= 0.3 is 5.97 Å². The summed E-state index contributed by atoms with van der Waals surface area (Å²) in [6.45, 7) is 12.0. The molecule has 1 saturated heterocycles. The molecule has 1 amide bonds. The highest BCUT2D eigenvalue weighted by Gasteiger charge is 2.39. The van der Waals surface area contributed by atoms with E-state index in [1.165, 1.54) is 16.9 Å². The zero-order valence-corrected chi connectivity index (χ0v) is 22.7. The molecule has 194 valence electrons. The second kappa shape index (κ2) is 10.7. The topological polar surface area (TPSA) is 76.1 Å². The number of hydrogen-bond acceptors (Lipinski definition) is 5. The van der Waals surface area contributed by atoms with E-state index in [4.69, 9.17) is 9.47 Å². The van der Waals surface area contributed by atoms with Crippen LogP contribution in [0.5, 0.6) is 0 Å². The molecule has 3 atom stereocenters. The zero-order chi connectivity index (χ0) is 25.3. The summed E-state index contributed by atoms with van der Waals surface area (Å²) in [5.41, 5.74) is 1.73. The normalized spacial score (nSPS) is 29.6. The fraction of sp³-hybridized carbons (Fsp3) is 0.714. The molecular formula is C28H41NO5S. The monoisotopic (exact) mass is 503 g/mol. The first-order valence-electron chi connectivity index (χ1n) is 13.1. The third-order valence-electron chi connectivity index (χ3n) is 7.79. The van der Waals surface area contributed by atoms with Crippen molar-refractivity contribution in [2.24, 2.45) is 11.8 Å². The molecule has 4 rings (SSSR count). The van der Waals surface area contributed by atoms with E-state index in [1.807, 2.05) is 11.0 Å². The number of carbonyl (C=O) groups excluding carboxylic acids is 1. The van der Waals surface area contributed by atoms with Gasteiger partial charge in [-0.3, -0.25) is 4.79 Å². The molecule has 3 aliphatic rings. The van der Waals surface area contributed by atoms with Crippen molar-refractivity contribution in [3.05, 3.63) is 27.5 Å². The van der Waals surface area contributed by atoms with Crippen LogP contribution in [0.3, 0.4) is 0 Å². The first kappa shape index (κ1) is 26.4. The number of anilines is 1. The second-order valence-electron chi connectivity index (χ2n) is 11.7. The number of carboxylic acid groups (broad SMARTS) is 1. The van der Waals surface area contributed by atoms with Crippen LogP contribution < -0.4 is 4.90 Å². The Bertz CT molecular complexity index is 947. The molecule has 2 fully saturated rings. The Morgan fingerprint density at radius 3 is 2.43 bits per heavy atom. The van der Waals surface area contributed by atoms with Gasteiger partial charge in [-0.1, -0.05) is 39.3 Å². The minimum Gasteiger partial charge on any atom is -0.477 e. The molecule has 2 heterocycles. The van der Waals surface area contributed by atoms with Crippen LogP contribution in [0.1, 0.15) is 94.1 Å². The van der Waals surface area contributed by atoms with Crippen LogP contribution in [0.2, 0.25) is 0 Å². The molecule has 7 heteroatoms. The van der Waals surface area contributed by atoms with Crippen molar-refractivity contribution in [2.45, 2.75) is 103 Å². The minimum absolute atomic E-state index is 0.0121. The van der Waals surface area contributed by atoms with Gasteiger partial charge in [0.15, 0.2) is 0 Å². The summed E-state index contributed by atoms with van der Waals surface area (Å²) in [5.74, 6) is -0.756. The average molecular weight is 504 g/mol. The summed E-state index contributed by atoms with van der Waals surface area (Å²) < 4.78 is 11.7. The number of ether oxygens (including phenoxy) is 2. The standard InChI is InChI=1S/C28H41NO5S/c1-17-6-11-22(18(2)14-17)26(30)29(23-15-24(28(3,4)5)35-25(23)27(31)32)19-7-9-20(10-8-19)34-21-12-13-33-16-21/h6,15,18-22H,7-14,16H2,1-5H3,(H,31,32)/t18-,19?,20?,21-,22+/m0/s1. The summed E-state index contributed by atoms with van der Waals surface area (Å²) in [6, 6.07) is 1.96. The molecule has 6 nitrogen and oxygen atoms in total. The lowest BCUT2D eigenvalue weighted by Crippen LogP contribution is -2.48. The molecule has 1 saturated carbocycles. The third kappa shape index (κ3) is 6.00. The van der Waals surface area contributed by atoms with Gasteiger partial charge in [0.1, 0.15) is 4.88 Å². The molecule has 1 aromatic rings. The summed E-state index contributed by atoms with van der Waals surface area (Å²) in [7, 11) is 0. The summed E-state index contributed by atoms with van der Waals surface area (Å²) in [4.78, 5) is 29.7. The van der Waals surface area contributed by atoms with Crippen LogP contribution in [-0.2, 0) is 19.7 Å². The van der Waals surface area contributed by atoms with Gasteiger partial charge in [-0.25, -0.2) is 4.79 Å². The number of thiophene rings is 1. The lowest BCUT2D eigenvalue weighted by atomic mass is 9.79. The van der Waals surface area contributed by atoms with Crippen molar-refractivity contribution in [1.29, 1.82) is 0 Å². The molecule has 0 radical (unpaired) electrons. The van der Waals surface area contributed by atoms with Crippen molar-refractivity contribution < 1.29 is 24.2 Å². The van der Waals surface area contributed by atoms with Crippen LogP contribution in [0, 0.1) is 11.8 Å². The molecular weight excluding hydrogens is 462 g/mol. The van der Waals surface area contributed by atoms with E-state index < -0.39 is 5.97 Å². The Morgan fingerprint density at radius 1 is 1.14 bits per heavy atom. The van der Waals surface area contributed by atoms with Gasteiger partial charge in [0.2, 0.25) is 5.91 Å². The van der Waals surface area contributed by atoms with Crippen LogP contribution in [0.15, 0.2) is 17.7 Å². The van der Waals surface area contributed by atoms with Gasteiger partial charge in [-0.2, -0.15) is 0 Å². The summed E-state index contributed by atoms with van der Waals surface area (Å²) in [6.07, 6.45) is 8.52. The second-order valence-corrected chi connectivity index (χ2v) is 12.8. The first-order valence-corrected chi connectivity index (χ1v) is 14.0. The maximum atomic E-state index is 14.2. The number of carbonyl (C=O) groups is 2. The molecule has 1 aromatic heterocycles. The van der Waals surface area contributed by atoms with Gasteiger partial charge in [0.25, 0.3) is 0 Å². The van der Waals surface area contributed by atoms with Crippen molar-refractivity contribution >= 4 is 28.9 Å². The number of carboxylic acids is 1. The lowest BCUT2D eigenvalue weighted by Gasteiger charge is -2.40. The molecule has 0 bridgehead atoms. The van der Waals surface area contributed by atoms with Gasteiger partial charge in [0, 0.05) is 23.4 Å². The molecule has 0 spiro atoms. The van der Waals surface area contributed by atoms with Crippen LogP contribution in [-0.4, -0.2) is 48.4 Å². The quantitative estimate of drug-likeness (QED) is 0.469.